The SMILES string of the molecule is Cc1[cH-]c2cccc(-c3ccc(C(C)(C)C)cc3)c2c1[Si](C)(c1c(C)[cH-]c2cccc(-c3ccc(C(C)(C)C)cc3)c12)C1CCCCC1.[Cl-].[Cl-].[Zr+4]. The molecule has 51 heavy (non-hydrogen) atoms. The van der Waals surface area contributed by atoms with Crippen LogP contribution in [-0.2, 0) is 37.0 Å². The van der Waals surface area contributed by atoms with Crippen molar-refractivity contribution in [3.8, 4) is 22.3 Å². The molecular weight excluding hydrogens is 755 g/mol. The molecule has 264 valence electrons. The third kappa shape index (κ3) is 7.47. The van der Waals surface area contributed by atoms with Gasteiger partial charge < -0.3 is 24.8 Å². The molecule has 1 saturated carbocycles. The van der Waals surface area contributed by atoms with E-state index in [1.165, 1.54) is 98.2 Å². The summed E-state index contributed by atoms with van der Waals surface area (Å²) in [6.45, 7) is 21.5. The summed E-state index contributed by atoms with van der Waals surface area (Å²) in [5.74, 6) is 0. The van der Waals surface area contributed by atoms with Crippen LogP contribution in [0.5, 0.6) is 0 Å². The van der Waals surface area contributed by atoms with Crippen LogP contribution in [-0.4, -0.2) is 8.07 Å². The molecule has 0 saturated heterocycles. The molecule has 6 aromatic carbocycles. The number of halogens is 2. The van der Waals surface area contributed by atoms with Crippen LogP contribution >= 0.6 is 0 Å². The van der Waals surface area contributed by atoms with E-state index < -0.39 is 8.07 Å². The molecule has 0 N–H and O–H groups in total. The summed E-state index contributed by atoms with van der Waals surface area (Å²) in [4.78, 5) is 0. The van der Waals surface area contributed by atoms with Gasteiger partial charge in [0.1, 0.15) is 0 Å². The fourth-order valence-electron chi connectivity index (χ4n) is 9.28. The summed E-state index contributed by atoms with van der Waals surface area (Å²) in [5.41, 5.74) is 12.2. The van der Waals surface area contributed by atoms with Crippen molar-refractivity contribution >= 4 is 40.0 Å². The second kappa shape index (κ2) is 15.6. The third-order valence-corrected chi connectivity index (χ3v) is 17.4. The van der Waals surface area contributed by atoms with Gasteiger partial charge in [0.05, 0.1) is 0 Å². The van der Waals surface area contributed by atoms with E-state index in [-0.39, 0.29) is 61.8 Å². The molecule has 1 fully saturated rings. The topological polar surface area (TPSA) is 0 Å². The van der Waals surface area contributed by atoms with Crippen molar-refractivity contribution in [3.63, 3.8) is 0 Å². The van der Waals surface area contributed by atoms with Crippen LogP contribution in [0.4, 0.5) is 0 Å². The normalized spacial score (nSPS) is 14.2. The van der Waals surface area contributed by atoms with E-state index in [9.17, 15) is 0 Å². The maximum Gasteiger partial charge on any atom is 4.00 e. The van der Waals surface area contributed by atoms with Gasteiger partial charge in [-0.05, 0) is 33.1 Å². The maximum atomic E-state index is 2.77. The van der Waals surface area contributed by atoms with E-state index >= 15 is 0 Å². The van der Waals surface area contributed by atoms with Crippen molar-refractivity contribution < 1.29 is 51.0 Å². The van der Waals surface area contributed by atoms with Crippen molar-refractivity contribution in [2.24, 2.45) is 0 Å². The summed E-state index contributed by atoms with van der Waals surface area (Å²) in [5, 5.41) is 9.21. The van der Waals surface area contributed by atoms with E-state index in [0.717, 1.165) is 0 Å². The average Bonchev–Trinajstić information content (AvgIpc) is 3.60. The van der Waals surface area contributed by atoms with Crippen LogP contribution < -0.4 is 35.2 Å². The number of hydrogen-bond acceptors (Lipinski definition) is 0. The zero-order chi connectivity index (χ0) is 34.0. The Morgan fingerprint density at radius 1 is 0.549 bits per heavy atom. The molecule has 4 heteroatoms. The first-order valence-electron chi connectivity index (χ1n) is 18.4. The minimum Gasteiger partial charge on any atom is -1.00 e. The Kier molecular flexibility index (Phi) is 12.7. The van der Waals surface area contributed by atoms with E-state index in [1.54, 1.807) is 10.4 Å². The average molecular weight is 809 g/mol. The summed E-state index contributed by atoms with van der Waals surface area (Å²) < 4.78 is 0. The molecule has 0 amide bonds. The third-order valence-electron chi connectivity index (χ3n) is 11.8. The van der Waals surface area contributed by atoms with Gasteiger partial charge in [0.2, 0.25) is 0 Å². The molecule has 1 aliphatic carbocycles. The van der Waals surface area contributed by atoms with Crippen molar-refractivity contribution in [1.82, 2.24) is 0 Å². The Balaban J connectivity index is 0.00000194. The van der Waals surface area contributed by atoms with Crippen molar-refractivity contribution in [2.45, 2.75) is 110 Å². The second-order valence-electron chi connectivity index (χ2n) is 17.1. The molecule has 0 nitrogen and oxygen atoms in total. The van der Waals surface area contributed by atoms with Gasteiger partial charge in [-0.3, -0.25) is 0 Å². The number of rotatable bonds is 5. The summed E-state index contributed by atoms with van der Waals surface area (Å²) in [6.07, 6.45) is 6.76. The summed E-state index contributed by atoms with van der Waals surface area (Å²) in [7, 11) is -2.32. The van der Waals surface area contributed by atoms with Gasteiger partial charge in [0.15, 0.2) is 0 Å². The second-order valence-corrected chi connectivity index (χ2v) is 21.4. The molecule has 0 aromatic heterocycles. The molecular formula is C47H54Cl2SiZr. The minimum atomic E-state index is -2.32. The molecule has 0 heterocycles. The standard InChI is InChI=1S/C47H54Si.2ClH.Zr/c1-31-29-35-15-13-19-40(33-21-25-37(26-22-33)46(3,4)5)42(35)44(31)48(9,39-17-11-10-12-18-39)45-32(2)30-36-16-14-20-41(43(36)45)34-23-27-38(28-24-34)47(6,7)8;;;/h13-16,19-30,39H,10-12,17-18H2,1-9H3;2*1H;/q-2;;;+4/p-2. The molecule has 0 radical (unpaired) electrons. The van der Waals surface area contributed by atoms with Crippen molar-refractivity contribution in [2.75, 3.05) is 0 Å². The van der Waals surface area contributed by atoms with Gasteiger partial charge in [-0.1, -0.05) is 171 Å². The molecule has 1 aliphatic rings. The fourth-order valence-corrected chi connectivity index (χ4v) is 15.3. The minimum absolute atomic E-state index is 0. The van der Waals surface area contributed by atoms with E-state index in [2.05, 4.69) is 159 Å². The smallest absolute Gasteiger partial charge is 1.00 e. The molecule has 6 aromatic rings. The van der Waals surface area contributed by atoms with E-state index in [4.69, 9.17) is 0 Å². The number of hydrogen-bond donors (Lipinski definition) is 0. The number of aryl methyl sites for hydroxylation is 2. The van der Waals surface area contributed by atoms with Crippen LogP contribution in [0.3, 0.4) is 0 Å². The van der Waals surface area contributed by atoms with Crippen LogP contribution in [0, 0.1) is 13.8 Å². The van der Waals surface area contributed by atoms with Crippen molar-refractivity contribution in [1.29, 1.82) is 0 Å². The van der Waals surface area contributed by atoms with Crippen LogP contribution in [0.1, 0.15) is 95.9 Å². The van der Waals surface area contributed by atoms with Crippen LogP contribution in [0.15, 0.2) is 97.1 Å². The van der Waals surface area contributed by atoms with Crippen LogP contribution in [0.2, 0.25) is 12.1 Å². The quantitative estimate of drug-likeness (QED) is 0.138. The largest absolute Gasteiger partial charge is 4.00 e. The summed E-state index contributed by atoms with van der Waals surface area (Å²) in [6, 6.07) is 38.0. The van der Waals surface area contributed by atoms with Gasteiger partial charge in [0.25, 0.3) is 0 Å². The number of benzene rings is 4. The first-order chi connectivity index (χ1) is 22.8. The molecule has 0 spiro atoms. The van der Waals surface area contributed by atoms with Gasteiger partial charge in [-0.2, -0.15) is 10.4 Å². The molecule has 7 rings (SSSR count). The Labute approximate surface area is 340 Å². The first-order valence-corrected chi connectivity index (χ1v) is 21.0. The Morgan fingerprint density at radius 3 is 1.27 bits per heavy atom. The van der Waals surface area contributed by atoms with E-state index in [0.29, 0.717) is 5.54 Å². The van der Waals surface area contributed by atoms with Gasteiger partial charge in [-0.15, -0.1) is 69.1 Å². The van der Waals surface area contributed by atoms with Crippen LogP contribution in [0.25, 0.3) is 43.8 Å². The first kappa shape index (κ1) is 41.5. The monoisotopic (exact) mass is 806 g/mol. The predicted molar refractivity (Wildman–Crippen MR) is 215 cm³/mol. The van der Waals surface area contributed by atoms with Gasteiger partial charge in [-0.25, -0.2) is 0 Å². The predicted octanol–water partition coefficient (Wildman–Crippen LogP) is 6.51. The van der Waals surface area contributed by atoms with E-state index in [1.807, 2.05) is 0 Å². The summed E-state index contributed by atoms with van der Waals surface area (Å²) >= 11 is 0. The Hall–Kier alpha value is -2.22. The Morgan fingerprint density at radius 2 is 0.922 bits per heavy atom. The zero-order valence-corrected chi connectivity index (χ0v) is 37.1. The zero-order valence-electron chi connectivity index (χ0n) is 32.1. The number of fused-ring (bicyclic) bond motifs is 2. The van der Waals surface area contributed by atoms with Crippen molar-refractivity contribution in [3.05, 3.63) is 119 Å². The fraction of sp³-hybridized carbons (Fsp3) is 0.362. The molecule has 0 unspecified atom stereocenters. The molecule has 0 atom stereocenters. The van der Waals surface area contributed by atoms with Gasteiger partial charge >= 0.3 is 26.2 Å². The Bertz CT molecular complexity index is 1950. The molecule has 0 aliphatic heterocycles. The maximum absolute atomic E-state index is 2.77. The van der Waals surface area contributed by atoms with Gasteiger partial charge in [0, 0.05) is 8.07 Å². The molecule has 0 bridgehead atoms.